The molecule has 0 aliphatic heterocycles. The Bertz CT molecular complexity index is 174. The summed E-state index contributed by atoms with van der Waals surface area (Å²) in [5.41, 5.74) is 0. The summed E-state index contributed by atoms with van der Waals surface area (Å²) in [6, 6.07) is 0.467. The first kappa shape index (κ1) is 10.3. The van der Waals surface area contributed by atoms with Gasteiger partial charge in [-0.15, -0.1) is 0 Å². The Balaban J connectivity index is 2.29. The SMILES string of the molecule is C/N=C(\NC)N[C@H]1CC[C@@H](O)CC1. The molecule has 0 aromatic carbocycles. The molecule has 1 fully saturated rings. The van der Waals surface area contributed by atoms with Crippen molar-refractivity contribution in [1.82, 2.24) is 10.6 Å². The van der Waals surface area contributed by atoms with Crippen molar-refractivity contribution in [3.05, 3.63) is 0 Å². The number of rotatable bonds is 1. The first-order valence-corrected chi connectivity index (χ1v) is 4.85. The van der Waals surface area contributed by atoms with E-state index in [1.165, 1.54) is 0 Å². The van der Waals surface area contributed by atoms with Gasteiger partial charge in [-0.1, -0.05) is 0 Å². The zero-order valence-electron chi connectivity index (χ0n) is 8.38. The van der Waals surface area contributed by atoms with Crippen LogP contribution in [0.5, 0.6) is 0 Å². The van der Waals surface area contributed by atoms with E-state index >= 15 is 0 Å². The van der Waals surface area contributed by atoms with Crippen LogP contribution in [0.3, 0.4) is 0 Å². The predicted octanol–water partition coefficient (Wildman–Crippen LogP) is 0.0847. The van der Waals surface area contributed by atoms with Gasteiger partial charge in [0, 0.05) is 20.1 Å². The maximum atomic E-state index is 9.30. The van der Waals surface area contributed by atoms with Crippen LogP contribution in [0.25, 0.3) is 0 Å². The monoisotopic (exact) mass is 185 g/mol. The molecule has 0 heterocycles. The molecule has 1 saturated carbocycles. The first-order chi connectivity index (χ1) is 6.26. The molecule has 3 N–H and O–H groups in total. The minimum Gasteiger partial charge on any atom is -0.393 e. The molecule has 0 aromatic heterocycles. The lowest BCUT2D eigenvalue weighted by molar-refractivity contribution is 0.120. The number of hydrogen-bond acceptors (Lipinski definition) is 2. The number of aliphatic imine (C=N–C) groups is 1. The van der Waals surface area contributed by atoms with Crippen LogP contribution in [0.4, 0.5) is 0 Å². The molecule has 4 heteroatoms. The van der Waals surface area contributed by atoms with E-state index in [0.717, 1.165) is 31.6 Å². The Morgan fingerprint density at radius 3 is 2.38 bits per heavy atom. The highest BCUT2D eigenvalue weighted by Gasteiger charge is 2.19. The van der Waals surface area contributed by atoms with Crippen molar-refractivity contribution in [3.8, 4) is 0 Å². The second kappa shape index (κ2) is 5.07. The second-order valence-corrected chi connectivity index (χ2v) is 3.47. The van der Waals surface area contributed by atoms with Crippen LogP contribution >= 0.6 is 0 Å². The Morgan fingerprint density at radius 2 is 1.92 bits per heavy atom. The Labute approximate surface area is 79.4 Å². The third-order valence-electron chi connectivity index (χ3n) is 2.50. The van der Waals surface area contributed by atoms with Crippen LogP contribution in [0.2, 0.25) is 0 Å². The molecule has 0 atom stereocenters. The molecule has 13 heavy (non-hydrogen) atoms. The van der Waals surface area contributed by atoms with E-state index in [4.69, 9.17) is 0 Å². The zero-order chi connectivity index (χ0) is 9.68. The maximum Gasteiger partial charge on any atom is 0.190 e. The first-order valence-electron chi connectivity index (χ1n) is 4.85. The molecule has 0 saturated heterocycles. The van der Waals surface area contributed by atoms with Crippen LogP contribution in [-0.2, 0) is 0 Å². The van der Waals surface area contributed by atoms with Gasteiger partial charge in [-0.3, -0.25) is 4.99 Å². The zero-order valence-corrected chi connectivity index (χ0v) is 8.38. The minimum atomic E-state index is -0.0883. The Morgan fingerprint density at radius 1 is 1.31 bits per heavy atom. The second-order valence-electron chi connectivity index (χ2n) is 3.47. The van der Waals surface area contributed by atoms with Gasteiger partial charge in [0.15, 0.2) is 5.96 Å². The fourth-order valence-corrected chi connectivity index (χ4v) is 1.66. The largest absolute Gasteiger partial charge is 0.393 e. The number of hydrogen-bond donors (Lipinski definition) is 3. The summed E-state index contributed by atoms with van der Waals surface area (Å²) in [5, 5.41) is 15.6. The number of guanidine groups is 1. The average Bonchev–Trinajstić information content (AvgIpc) is 2.17. The van der Waals surface area contributed by atoms with E-state index in [1.54, 1.807) is 7.05 Å². The van der Waals surface area contributed by atoms with Gasteiger partial charge in [0.05, 0.1) is 6.10 Å². The van der Waals surface area contributed by atoms with Crippen molar-refractivity contribution in [2.45, 2.75) is 37.8 Å². The molecule has 1 aliphatic rings. The summed E-state index contributed by atoms with van der Waals surface area (Å²) in [6.45, 7) is 0. The molecule has 1 aliphatic carbocycles. The van der Waals surface area contributed by atoms with E-state index in [1.807, 2.05) is 7.05 Å². The van der Waals surface area contributed by atoms with Gasteiger partial charge < -0.3 is 15.7 Å². The Kier molecular flexibility index (Phi) is 4.02. The smallest absolute Gasteiger partial charge is 0.190 e. The highest BCUT2D eigenvalue weighted by Crippen LogP contribution is 2.17. The molecule has 0 aromatic rings. The highest BCUT2D eigenvalue weighted by atomic mass is 16.3. The summed E-state index contributed by atoms with van der Waals surface area (Å²) in [4.78, 5) is 4.05. The van der Waals surface area contributed by atoms with Crippen LogP contribution in [0, 0.1) is 0 Å². The number of aliphatic hydroxyl groups is 1. The lowest BCUT2D eigenvalue weighted by Crippen LogP contribution is -2.43. The fourth-order valence-electron chi connectivity index (χ4n) is 1.66. The topological polar surface area (TPSA) is 56.7 Å². The normalized spacial score (nSPS) is 29.9. The summed E-state index contributed by atoms with van der Waals surface area (Å²) in [7, 11) is 3.61. The molecule has 4 nitrogen and oxygen atoms in total. The average molecular weight is 185 g/mol. The third-order valence-corrected chi connectivity index (χ3v) is 2.50. The van der Waals surface area contributed by atoms with Crippen molar-refractivity contribution < 1.29 is 5.11 Å². The van der Waals surface area contributed by atoms with E-state index in [2.05, 4.69) is 15.6 Å². The van der Waals surface area contributed by atoms with Gasteiger partial charge in [0.25, 0.3) is 0 Å². The van der Waals surface area contributed by atoms with E-state index in [9.17, 15) is 5.11 Å². The van der Waals surface area contributed by atoms with Gasteiger partial charge in [-0.25, -0.2) is 0 Å². The van der Waals surface area contributed by atoms with Crippen molar-refractivity contribution in [2.75, 3.05) is 14.1 Å². The summed E-state index contributed by atoms with van der Waals surface area (Å²) < 4.78 is 0. The fraction of sp³-hybridized carbons (Fsp3) is 0.889. The van der Waals surface area contributed by atoms with Crippen molar-refractivity contribution in [1.29, 1.82) is 0 Å². The third kappa shape index (κ3) is 3.22. The van der Waals surface area contributed by atoms with Gasteiger partial charge in [-0.2, -0.15) is 0 Å². The lowest BCUT2D eigenvalue weighted by atomic mass is 9.93. The molecule has 0 unspecified atom stereocenters. The number of nitrogens with one attached hydrogen (secondary N) is 2. The molecule has 0 spiro atoms. The van der Waals surface area contributed by atoms with Crippen LogP contribution in [-0.4, -0.2) is 37.3 Å². The van der Waals surface area contributed by atoms with Gasteiger partial charge in [0.1, 0.15) is 0 Å². The number of nitrogens with zero attached hydrogens (tertiary/aromatic N) is 1. The summed E-state index contributed by atoms with van der Waals surface area (Å²) >= 11 is 0. The van der Waals surface area contributed by atoms with Crippen molar-refractivity contribution >= 4 is 5.96 Å². The molecule has 1 rings (SSSR count). The predicted molar refractivity (Wildman–Crippen MR) is 53.8 cm³/mol. The maximum absolute atomic E-state index is 9.30. The minimum absolute atomic E-state index is 0.0883. The quantitative estimate of drug-likeness (QED) is 0.401. The Hall–Kier alpha value is -0.770. The van der Waals surface area contributed by atoms with Gasteiger partial charge in [0.2, 0.25) is 0 Å². The highest BCUT2D eigenvalue weighted by molar-refractivity contribution is 5.79. The van der Waals surface area contributed by atoms with E-state index < -0.39 is 0 Å². The molecule has 0 radical (unpaired) electrons. The molecule has 0 amide bonds. The lowest BCUT2D eigenvalue weighted by Gasteiger charge is -2.27. The van der Waals surface area contributed by atoms with Crippen LogP contribution < -0.4 is 10.6 Å². The number of aliphatic hydroxyl groups excluding tert-OH is 1. The van der Waals surface area contributed by atoms with Crippen molar-refractivity contribution in [3.63, 3.8) is 0 Å². The van der Waals surface area contributed by atoms with E-state index in [-0.39, 0.29) is 6.10 Å². The summed E-state index contributed by atoms with van der Waals surface area (Å²) in [5.74, 6) is 0.835. The molecular weight excluding hydrogens is 166 g/mol. The van der Waals surface area contributed by atoms with Gasteiger partial charge in [-0.05, 0) is 25.7 Å². The van der Waals surface area contributed by atoms with E-state index in [0.29, 0.717) is 6.04 Å². The molecular formula is C9H19N3O. The standard InChI is InChI=1S/C9H19N3O/c1-10-9(11-2)12-7-3-5-8(13)6-4-7/h7-8,13H,3-6H2,1-2H3,(H2,10,11,12)/t7-,8+. The molecule has 76 valence electrons. The molecule has 0 bridgehead atoms. The van der Waals surface area contributed by atoms with Crippen LogP contribution in [0.1, 0.15) is 25.7 Å². The van der Waals surface area contributed by atoms with Crippen molar-refractivity contribution in [2.24, 2.45) is 4.99 Å². The van der Waals surface area contributed by atoms with Crippen LogP contribution in [0.15, 0.2) is 4.99 Å². The van der Waals surface area contributed by atoms with Gasteiger partial charge >= 0.3 is 0 Å². The summed E-state index contributed by atoms with van der Waals surface area (Å²) in [6.07, 6.45) is 3.77.